The number of aromatic carboxylic acids is 1. The highest BCUT2D eigenvalue weighted by Crippen LogP contribution is 2.20. The average Bonchev–Trinajstić information content (AvgIpc) is 2.04. The smallest absolute Gasteiger partial charge is 0.336 e. The summed E-state index contributed by atoms with van der Waals surface area (Å²) in [5.41, 5.74) is 1.44. The molecule has 0 spiro atoms. The van der Waals surface area contributed by atoms with Gasteiger partial charge >= 0.3 is 5.97 Å². The molecule has 70 valence electrons. The molecular weight excluding hydrogens is 252 g/mol. The van der Waals surface area contributed by atoms with Crippen LogP contribution in [0.15, 0.2) is 22.7 Å². The Bertz CT molecular complexity index is 325. The van der Waals surface area contributed by atoms with Crippen molar-refractivity contribution in [2.45, 2.75) is 5.75 Å². The van der Waals surface area contributed by atoms with Crippen LogP contribution in [0.25, 0.3) is 0 Å². The highest BCUT2D eigenvalue weighted by atomic mass is 79.9. The highest BCUT2D eigenvalue weighted by Gasteiger charge is 2.07. The Labute approximate surface area is 89.5 Å². The van der Waals surface area contributed by atoms with Gasteiger partial charge in [-0.15, -0.1) is 0 Å². The number of thioether (sulfide) groups is 1. The number of carbonyl (C=O) groups is 1. The molecule has 0 fully saturated rings. The van der Waals surface area contributed by atoms with Crippen LogP contribution in [-0.2, 0) is 5.75 Å². The van der Waals surface area contributed by atoms with Crippen molar-refractivity contribution in [3.63, 3.8) is 0 Å². The van der Waals surface area contributed by atoms with Crippen molar-refractivity contribution in [2.75, 3.05) is 6.26 Å². The lowest BCUT2D eigenvalue weighted by Gasteiger charge is -2.02. The quantitative estimate of drug-likeness (QED) is 0.908. The second-order valence-corrected chi connectivity index (χ2v) is 4.27. The zero-order valence-corrected chi connectivity index (χ0v) is 9.48. The van der Waals surface area contributed by atoms with Crippen LogP contribution in [0.1, 0.15) is 15.9 Å². The molecule has 1 N–H and O–H groups in total. The lowest BCUT2D eigenvalue weighted by Crippen LogP contribution is -1.97. The maximum absolute atomic E-state index is 10.7. The summed E-state index contributed by atoms with van der Waals surface area (Å²) >= 11 is 4.94. The van der Waals surface area contributed by atoms with Gasteiger partial charge in [0.05, 0.1) is 5.56 Å². The highest BCUT2D eigenvalue weighted by molar-refractivity contribution is 9.10. The van der Waals surface area contributed by atoms with Crippen LogP contribution in [0.5, 0.6) is 0 Å². The zero-order valence-electron chi connectivity index (χ0n) is 7.08. The van der Waals surface area contributed by atoms with E-state index in [0.29, 0.717) is 10.0 Å². The molecule has 1 aromatic carbocycles. The lowest BCUT2D eigenvalue weighted by molar-refractivity contribution is 0.0696. The van der Waals surface area contributed by atoms with Crippen molar-refractivity contribution < 1.29 is 9.90 Å². The molecule has 0 amide bonds. The van der Waals surface area contributed by atoms with Gasteiger partial charge in [0.1, 0.15) is 0 Å². The van der Waals surface area contributed by atoms with Crippen LogP contribution in [0, 0.1) is 0 Å². The summed E-state index contributed by atoms with van der Waals surface area (Å²) in [7, 11) is 0. The fourth-order valence-electron chi connectivity index (χ4n) is 0.989. The molecule has 2 nitrogen and oxygen atoms in total. The van der Waals surface area contributed by atoms with E-state index in [1.807, 2.05) is 18.4 Å². The van der Waals surface area contributed by atoms with E-state index in [1.54, 1.807) is 17.8 Å². The molecule has 0 aliphatic carbocycles. The number of rotatable bonds is 3. The van der Waals surface area contributed by atoms with Crippen LogP contribution in [0.3, 0.4) is 0 Å². The van der Waals surface area contributed by atoms with Gasteiger partial charge in [-0.05, 0) is 39.9 Å². The molecule has 0 bridgehead atoms. The monoisotopic (exact) mass is 260 g/mol. The molecule has 0 radical (unpaired) electrons. The van der Waals surface area contributed by atoms with E-state index in [9.17, 15) is 4.79 Å². The molecule has 1 aromatic rings. The molecule has 4 heteroatoms. The normalized spacial score (nSPS) is 10.0. The van der Waals surface area contributed by atoms with Gasteiger partial charge in [-0.3, -0.25) is 0 Å². The van der Waals surface area contributed by atoms with Crippen LogP contribution in [-0.4, -0.2) is 17.3 Å². The molecule has 0 atom stereocenters. The maximum atomic E-state index is 10.7. The van der Waals surface area contributed by atoms with Gasteiger partial charge in [0.15, 0.2) is 0 Å². The minimum Gasteiger partial charge on any atom is -0.478 e. The molecular formula is C9H9BrO2S. The second kappa shape index (κ2) is 4.67. The van der Waals surface area contributed by atoms with Crippen molar-refractivity contribution >= 4 is 33.7 Å². The minimum atomic E-state index is -0.900. The largest absolute Gasteiger partial charge is 0.478 e. The number of halogens is 1. The number of hydrogen-bond acceptors (Lipinski definition) is 2. The number of carboxylic acid groups (broad SMARTS) is 1. The summed E-state index contributed by atoms with van der Waals surface area (Å²) in [5.74, 6) is 0.000897. The molecule has 1 rings (SSSR count). The van der Waals surface area contributed by atoms with Gasteiger partial charge in [0, 0.05) is 10.2 Å². The first-order valence-electron chi connectivity index (χ1n) is 3.66. The third kappa shape index (κ3) is 2.74. The number of benzene rings is 1. The summed E-state index contributed by atoms with van der Waals surface area (Å²) in [6.45, 7) is 0. The first-order valence-corrected chi connectivity index (χ1v) is 5.84. The molecule has 0 aromatic heterocycles. The van der Waals surface area contributed by atoms with Gasteiger partial charge in [-0.25, -0.2) is 4.79 Å². The van der Waals surface area contributed by atoms with Crippen molar-refractivity contribution in [2.24, 2.45) is 0 Å². The third-order valence-electron chi connectivity index (χ3n) is 1.57. The van der Waals surface area contributed by atoms with E-state index in [4.69, 9.17) is 5.11 Å². The van der Waals surface area contributed by atoms with Crippen LogP contribution >= 0.6 is 27.7 Å². The summed E-state index contributed by atoms with van der Waals surface area (Å²) in [4.78, 5) is 10.7. The summed E-state index contributed by atoms with van der Waals surface area (Å²) < 4.78 is 0.645. The van der Waals surface area contributed by atoms with Crippen LogP contribution in [0.2, 0.25) is 0 Å². The first-order chi connectivity index (χ1) is 6.15. The van der Waals surface area contributed by atoms with Gasteiger partial charge in [0.2, 0.25) is 0 Å². The minimum absolute atomic E-state index is 0.310. The Morgan fingerprint density at radius 2 is 2.31 bits per heavy atom. The van der Waals surface area contributed by atoms with E-state index in [0.717, 1.165) is 11.3 Å². The van der Waals surface area contributed by atoms with Crippen molar-refractivity contribution in [1.82, 2.24) is 0 Å². The van der Waals surface area contributed by atoms with Gasteiger partial charge in [-0.1, -0.05) is 6.07 Å². The predicted octanol–water partition coefficient (Wildman–Crippen LogP) is 3.01. The van der Waals surface area contributed by atoms with E-state index in [-0.39, 0.29) is 0 Å². The fraction of sp³-hybridized carbons (Fsp3) is 0.222. The standard InChI is InChI=1S/C9H9BrO2S/c1-13-5-6-2-3-7(9(11)12)8(10)4-6/h2-4H,5H2,1H3,(H,11,12). The summed E-state index contributed by atoms with van der Waals surface area (Å²) in [6, 6.07) is 5.31. The molecule has 0 heterocycles. The average molecular weight is 261 g/mol. The zero-order chi connectivity index (χ0) is 9.84. The Hall–Kier alpha value is -0.480. The van der Waals surface area contributed by atoms with E-state index >= 15 is 0 Å². The van der Waals surface area contributed by atoms with Gasteiger partial charge in [0.25, 0.3) is 0 Å². The predicted molar refractivity (Wildman–Crippen MR) is 58.3 cm³/mol. The SMILES string of the molecule is CSCc1ccc(C(=O)O)c(Br)c1. The van der Waals surface area contributed by atoms with Crippen LogP contribution in [0.4, 0.5) is 0 Å². The summed E-state index contributed by atoms with van der Waals surface area (Å²) in [5, 5.41) is 8.75. The summed E-state index contributed by atoms with van der Waals surface area (Å²) in [6.07, 6.45) is 2.01. The fourth-order valence-corrected chi connectivity index (χ4v) is 2.10. The van der Waals surface area contributed by atoms with E-state index in [2.05, 4.69) is 15.9 Å². The molecule has 0 aliphatic rings. The molecule has 0 saturated heterocycles. The topological polar surface area (TPSA) is 37.3 Å². The maximum Gasteiger partial charge on any atom is 0.336 e. The number of hydrogen-bond donors (Lipinski definition) is 1. The Morgan fingerprint density at radius 1 is 1.62 bits per heavy atom. The Kier molecular flexibility index (Phi) is 3.81. The van der Waals surface area contributed by atoms with Gasteiger partial charge < -0.3 is 5.11 Å². The molecule has 0 saturated carbocycles. The van der Waals surface area contributed by atoms with E-state index in [1.165, 1.54) is 0 Å². The Balaban J connectivity index is 2.98. The lowest BCUT2D eigenvalue weighted by atomic mass is 10.1. The molecule has 13 heavy (non-hydrogen) atoms. The van der Waals surface area contributed by atoms with Gasteiger partial charge in [-0.2, -0.15) is 11.8 Å². The van der Waals surface area contributed by atoms with E-state index < -0.39 is 5.97 Å². The van der Waals surface area contributed by atoms with Crippen molar-refractivity contribution in [1.29, 1.82) is 0 Å². The van der Waals surface area contributed by atoms with Crippen molar-refractivity contribution in [3.05, 3.63) is 33.8 Å². The van der Waals surface area contributed by atoms with Crippen LogP contribution < -0.4 is 0 Å². The second-order valence-electron chi connectivity index (χ2n) is 2.55. The Morgan fingerprint density at radius 3 is 2.77 bits per heavy atom. The van der Waals surface area contributed by atoms with Crippen molar-refractivity contribution in [3.8, 4) is 0 Å². The molecule has 0 unspecified atom stereocenters. The first kappa shape index (κ1) is 10.6. The molecule has 0 aliphatic heterocycles. The number of carboxylic acids is 1. The third-order valence-corrected chi connectivity index (χ3v) is 2.85.